The average Bonchev–Trinajstić information content (AvgIpc) is 2.45. The van der Waals surface area contributed by atoms with Crippen molar-refractivity contribution in [2.24, 2.45) is 0 Å². The molecule has 0 amide bonds. The molecule has 0 spiro atoms. The zero-order valence-electron chi connectivity index (χ0n) is 11.3. The van der Waals surface area contributed by atoms with Gasteiger partial charge in [0.2, 0.25) is 0 Å². The Labute approximate surface area is 122 Å². The zero-order chi connectivity index (χ0) is 14.1. The minimum absolute atomic E-state index is 0.253. The Morgan fingerprint density at radius 3 is 3.05 bits per heavy atom. The smallest absolute Gasteiger partial charge is 0.181 e. The minimum atomic E-state index is 0.253. The van der Waals surface area contributed by atoms with Crippen LogP contribution in [0.5, 0.6) is 0 Å². The van der Waals surface area contributed by atoms with Gasteiger partial charge in [0, 0.05) is 25.2 Å². The molecule has 3 heterocycles. The summed E-state index contributed by atoms with van der Waals surface area (Å²) in [5.41, 5.74) is 1.33. The van der Waals surface area contributed by atoms with Crippen LogP contribution in [0.25, 0.3) is 11.2 Å². The first kappa shape index (κ1) is 13.3. The first-order valence-corrected chi connectivity index (χ1v) is 6.96. The number of halogens is 1. The van der Waals surface area contributed by atoms with E-state index in [4.69, 9.17) is 11.6 Å². The van der Waals surface area contributed by atoms with Gasteiger partial charge in [0.05, 0.1) is 6.20 Å². The van der Waals surface area contributed by atoms with E-state index in [1.54, 1.807) is 12.3 Å². The predicted octanol–water partition coefficient (Wildman–Crippen LogP) is 2.03. The van der Waals surface area contributed by atoms with Crippen molar-refractivity contribution in [1.82, 2.24) is 20.3 Å². The molecule has 1 aliphatic heterocycles. The average molecular weight is 290 g/mol. The molecule has 1 fully saturated rings. The molecule has 1 N–H and O–H groups in total. The van der Waals surface area contributed by atoms with E-state index in [0.29, 0.717) is 16.8 Å². The van der Waals surface area contributed by atoms with Crippen LogP contribution >= 0.6 is 11.6 Å². The minimum Gasteiger partial charge on any atom is -0.352 e. The van der Waals surface area contributed by atoms with Crippen LogP contribution in [0.3, 0.4) is 0 Å². The highest BCUT2D eigenvalue weighted by molar-refractivity contribution is 6.29. The van der Waals surface area contributed by atoms with E-state index >= 15 is 0 Å². The van der Waals surface area contributed by atoms with Crippen LogP contribution in [0.4, 0.5) is 5.82 Å². The molecule has 1 saturated heterocycles. The van der Waals surface area contributed by atoms with Crippen LogP contribution in [0.1, 0.15) is 6.92 Å². The zero-order valence-corrected chi connectivity index (χ0v) is 12.0. The van der Waals surface area contributed by atoms with Crippen molar-refractivity contribution < 1.29 is 0 Å². The van der Waals surface area contributed by atoms with E-state index < -0.39 is 0 Å². The van der Waals surface area contributed by atoms with E-state index in [1.165, 1.54) is 0 Å². The lowest BCUT2D eigenvalue weighted by molar-refractivity contribution is 0.430. The van der Waals surface area contributed by atoms with Crippen molar-refractivity contribution in [2.45, 2.75) is 19.0 Å². The topological polar surface area (TPSA) is 53.9 Å². The van der Waals surface area contributed by atoms with Crippen LogP contribution in [-0.4, -0.2) is 40.1 Å². The first-order chi connectivity index (χ1) is 9.65. The molecule has 0 radical (unpaired) electrons. The lowest BCUT2D eigenvalue weighted by Gasteiger charge is -2.36. The number of fused-ring (bicyclic) bond motifs is 1. The summed E-state index contributed by atoms with van der Waals surface area (Å²) in [6, 6.07) is 4.17. The number of nitrogens with zero attached hydrogens (tertiary/aromatic N) is 4. The second-order valence-electron chi connectivity index (χ2n) is 5.02. The standard InChI is InChI=1S/C14H16ClN5/c1-3-10-8-20(7-9(2)17-10)13-6-16-11-4-5-12(15)18-14(11)19-13/h3-6,9-10,17H,1,7-8H2,2H3. The van der Waals surface area contributed by atoms with Gasteiger partial charge in [-0.05, 0) is 19.1 Å². The van der Waals surface area contributed by atoms with E-state index in [2.05, 4.69) is 38.7 Å². The summed E-state index contributed by atoms with van der Waals surface area (Å²) in [5.74, 6) is 0.826. The summed E-state index contributed by atoms with van der Waals surface area (Å²) in [6.07, 6.45) is 3.71. The lowest BCUT2D eigenvalue weighted by atomic mass is 10.1. The monoisotopic (exact) mass is 289 g/mol. The van der Waals surface area contributed by atoms with Gasteiger partial charge < -0.3 is 10.2 Å². The highest BCUT2D eigenvalue weighted by atomic mass is 35.5. The van der Waals surface area contributed by atoms with Crippen molar-refractivity contribution in [1.29, 1.82) is 0 Å². The molecule has 3 rings (SSSR count). The molecule has 104 valence electrons. The Kier molecular flexibility index (Phi) is 3.54. The molecule has 0 bridgehead atoms. The van der Waals surface area contributed by atoms with E-state index in [1.807, 2.05) is 12.1 Å². The third-order valence-corrected chi connectivity index (χ3v) is 3.59. The summed E-state index contributed by atoms with van der Waals surface area (Å²) in [4.78, 5) is 15.4. The molecule has 0 aromatic carbocycles. The number of anilines is 1. The fourth-order valence-electron chi connectivity index (χ4n) is 2.46. The Morgan fingerprint density at radius 2 is 2.25 bits per heavy atom. The van der Waals surface area contributed by atoms with Crippen LogP contribution in [0.15, 0.2) is 31.0 Å². The molecule has 0 aliphatic carbocycles. The number of piperazine rings is 1. The van der Waals surface area contributed by atoms with Gasteiger partial charge in [0.1, 0.15) is 16.5 Å². The first-order valence-electron chi connectivity index (χ1n) is 6.58. The van der Waals surface area contributed by atoms with Gasteiger partial charge in [-0.15, -0.1) is 6.58 Å². The second-order valence-corrected chi connectivity index (χ2v) is 5.41. The largest absolute Gasteiger partial charge is 0.352 e. The SMILES string of the molecule is C=CC1CN(c2cnc3ccc(Cl)nc3n2)CC(C)N1. The molecule has 2 unspecified atom stereocenters. The quantitative estimate of drug-likeness (QED) is 0.677. The van der Waals surface area contributed by atoms with Crippen LogP contribution < -0.4 is 10.2 Å². The number of hydrogen-bond donors (Lipinski definition) is 1. The number of pyridine rings is 1. The summed E-state index contributed by atoms with van der Waals surface area (Å²) in [7, 11) is 0. The van der Waals surface area contributed by atoms with Gasteiger partial charge in [0.25, 0.3) is 0 Å². The second kappa shape index (κ2) is 5.34. The van der Waals surface area contributed by atoms with Crippen molar-refractivity contribution in [3.63, 3.8) is 0 Å². The summed E-state index contributed by atoms with van der Waals surface area (Å²) < 4.78 is 0. The molecule has 1 aliphatic rings. The third-order valence-electron chi connectivity index (χ3n) is 3.38. The molecule has 2 atom stereocenters. The van der Waals surface area contributed by atoms with Gasteiger partial charge in [-0.2, -0.15) is 0 Å². The molecular weight excluding hydrogens is 274 g/mol. The summed E-state index contributed by atoms with van der Waals surface area (Å²) in [5, 5.41) is 3.90. The maximum atomic E-state index is 5.91. The lowest BCUT2D eigenvalue weighted by Crippen LogP contribution is -2.55. The molecular formula is C14H16ClN5. The fourth-order valence-corrected chi connectivity index (χ4v) is 2.60. The maximum absolute atomic E-state index is 5.91. The van der Waals surface area contributed by atoms with Gasteiger partial charge in [-0.1, -0.05) is 17.7 Å². The van der Waals surface area contributed by atoms with E-state index in [0.717, 1.165) is 24.4 Å². The van der Waals surface area contributed by atoms with Gasteiger partial charge in [-0.3, -0.25) is 0 Å². The van der Waals surface area contributed by atoms with Gasteiger partial charge in [-0.25, -0.2) is 15.0 Å². The Morgan fingerprint density at radius 1 is 1.40 bits per heavy atom. The van der Waals surface area contributed by atoms with E-state index in [9.17, 15) is 0 Å². The number of hydrogen-bond acceptors (Lipinski definition) is 5. The van der Waals surface area contributed by atoms with Crippen molar-refractivity contribution in [3.8, 4) is 0 Å². The number of nitrogens with one attached hydrogen (secondary N) is 1. The Balaban J connectivity index is 1.94. The normalized spacial score (nSPS) is 23.0. The molecule has 6 heteroatoms. The Hall–Kier alpha value is -1.72. The third kappa shape index (κ3) is 2.59. The molecule has 2 aromatic rings. The van der Waals surface area contributed by atoms with Crippen LogP contribution in [0.2, 0.25) is 5.15 Å². The van der Waals surface area contributed by atoms with Gasteiger partial charge >= 0.3 is 0 Å². The molecule has 2 aromatic heterocycles. The maximum Gasteiger partial charge on any atom is 0.181 e. The van der Waals surface area contributed by atoms with Crippen LogP contribution in [0, 0.1) is 0 Å². The van der Waals surface area contributed by atoms with Crippen molar-refractivity contribution in [3.05, 3.63) is 36.1 Å². The highest BCUT2D eigenvalue weighted by Gasteiger charge is 2.23. The van der Waals surface area contributed by atoms with Gasteiger partial charge in [0.15, 0.2) is 5.65 Å². The number of aromatic nitrogens is 3. The molecule has 5 nitrogen and oxygen atoms in total. The van der Waals surface area contributed by atoms with Crippen molar-refractivity contribution >= 4 is 28.6 Å². The Bertz CT molecular complexity index is 644. The highest BCUT2D eigenvalue weighted by Crippen LogP contribution is 2.18. The van der Waals surface area contributed by atoms with Crippen LogP contribution in [-0.2, 0) is 0 Å². The summed E-state index contributed by atoms with van der Waals surface area (Å²) in [6.45, 7) is 7.71. The van der Waals surface area contributed by atoms with Crippen molar-refractivity contribution in [2.75, 3.05) is 18.0 Å². The molecule has 20 heavy (non-hydrogen) atoms. The predicted molar refractivity (Wildman–Crippen MR) is 81.1 cm³/mol. The molecule has 0 saturated carbocycles. The fraction of sp³-hybridized carbons (Fsp3) is 0.357. The summed E-state index contributed by atoms with van der Waals surface area (Å²) >= 11 is 5.91. The number of rotatable bonds is 2. The van der Waals surface area contributed by atoms with E-state index in [-0.39, 0.29) is 6.04 Å².